The van der Waals surface area contributed by atoms with Gasteiger partial charge in [-0.3, -0.25) is 15.1 Å². The quantitative estimate of drug-likeness (QED) is 0.674. The Morgan fingerprint density at radius 1 is 1.38 bits per heavy atom. The van der Waals surface area contributed by atoms with Crippen molar-refractivity contribution >= 4 is 5.69 Å². The minimum Gasteiger partial charge on any atom is -0.465 e. The number of nitrogens with one attached hydrogen (secondary N) is 1. The van der Waals surface area contributed by atoms with Crippen molar-refractivity contribution < 1.29 is 9.34 Å². The van der Waals surface area contributed by atoms with Crippen molar-refractivity contribution in [3.63, 3.8) is 0 Å². The molecule has 0 aromatic carbocycles. The van der Waals surface area contributed by atoms with E-state index in [1.54, 1.807) is 20.0 Å². The molecule has 21 heavy (non-hydrogen) atoms. The fourth-order valence-corrected chi connectivity index (χ4v) is 2.26. The van der Waals surface area contributed by atoms with E-state index in [0.29, 0.717) is 23.4 Å². The molecule has 0 saturated carbocycles. The number of aryl methyl sites for hydroxylation is 2. The molecule has 2 heterocycles. The molecule has 0 aliphatic heterocycles. The highest BCUT2D eigenvalue weighted by Crippen LogP contribution is 2.24. The van der Waals surface area contributed by atoms with Gasteiger partial charge in [0.15, 0.2) is 0 Å². The minimum atomic E-state index is -0.352. The van der Waals surface area contributed by atoms with Crippen LogP contribution in [0.3, 0.4) is 0 Å². The molecule has 0 bridgehead atoms. The van der Waals surface area contributed by atoms with E-state index in [9.17, 15) is 10.1 Å². The summed E-state index contributed by atoms with van der Waals surface area (Å²) in [6, 6.07) is 3.85. The van der Waals surface area contributed by atoms with E-state index in [2.05, 4.69) is 10.3 Å². The van der Waals surface area contributed by atoms with Gasteiger partial charge in [0.25, 0.3) is 5.69 Å². The minimum absolute atomic E-state index is 0.0141. The van der Waals surface area contributed by atoms with Gasteiger partial charge in [0.2, 0.25) is 0 Å². The van der Waals surface area contributed by atoms with Crippen LogP contribution in [0, 0.1) is 30.9 Å². The molecule has 112 valence electrons. The fraction of sp³-hybridized carbons (Fsp3) is 0.400. The molecule has 0 amide bonds. The molecular formula is C15H19N3O3. The second-order valence-corrected chi connectivity index (χ2v) is 5.17. The zero-order valence-corrected chi connectivity index (χ0v) is 12.6. The molecule has 0 aliphatic rings. The van der Waals surface area contributed by atoms with E-state index >= 15 is 0 Å². The zero-order valence-electron chi connectivity index (χ0n) is 12.6. The maximum absolute atomic E-state index is 11.1. The molecular weight excluding hydrogens is 270 g/mol. The summed E-state index contributed by atoms with van der Waals surface area (Å²) >= 11 is 0. The van der Waals surface area contributed by atoms with E-state index in [0.717, 1.165) is 11.5 Å². The summed E-state index contributed by atoms with van der Waals surface area (Å²) in [4.78, 5) is 15.0. The highest BCUT2D eigenvalue weighted by Gasteiger charge is 2.19. The average molecular weight is 289 g/mol. The molecule has 2 rings (SSSR count). The summed E-state index contributed by atoms with van der Waals surface area (Å²) in [5.74, 6) is 1.70. The first-order valence-corrected chi connectivity index (χ1v) is 6.79. The molecule has 0 aliphatic carbocycles. The first-order valence-electron chi connectivity index (χ1n) is 6.79. The lowest BCUT2D eigenvalue weighted by atomic mass is 10.1. The molecule has 2 aromatic rings. The summed E-state index contributed by atoms with van der Waals surface area (Å²) in [5.41, 5.74) is 2.01. The Balaban J connectivity index is 2.13. The third kappa shape index (κ3) is 3.28. The lowest BCUT2D eigenvalue weighted by Gasteiger charge is -2.13. The highest BCUT2D eigenvalue weighted by atomic mass is 16.6. The predicted molar refractivity (Wildman–Crippen MR) is 79.1 cm³/mol. The normalized spacial score (nSPS) is 12.4. The monoisotopic (exact) mass is 289 g/mol. The second-order valence-electron chi connectivity index (χ2n) is 5.17. The number of aromatic nitrogens is 1. The fourth-order valence-electron chi connectivity index (χ4n) is 2.26. The molecule has 0 spiro atoms. The lowest BCUT2D eigenvalue weighted by Crippen LogP contribution is -2.19. The Morgan fingerprint density at radius 2 is 2.10 bits per heavy atom. The van der Waals surface area contributed by atoms with Gasteiger partial charge in [-0.2, -0.15) is 0 Å². The lowest BCUT2D eigenvalue weighted by molar-refractivity contribution is -0.386. The summed E-state index contributed by atoms with van der Waals surface area (Å²) < 4.78 is 5.55. The molecule has 6 heteroatoms. The Morgan fingerprint density at radius 3 is 2.67 bits per heavy atom. The van der Waals surface area contributed by atoms with Gasteiger partial charge in [-0.05, 0) is 39.8 Å². The standard InChI is InChI=1S/C15H19N3O3/c1-9-7-17-13(11(3)15(9)18(19)20)8-16-12(4)14-6-5-10(2)21-14/h5-7,12,16H,8H2,1-4H3. The van der Waals surface area contributed by atoms with Crippen LogP contribution in [0.25, 0.3) is 0 Å². The average Bonchev–Trinajstić information content (AvgIpc) is 2.84. The van der Waals surface area contributed by atoms with Crippen LogP contribution >= 0.6 is 0 Å². The number of pyridine rings is 1. The van der Waals surface area contributed by atoms with Crippen LogP contribution in [0.2, 0.25) is 0 Å². The third-order valence-electron chi connectivity index (χ3n) is 3.52. The van der Waals surface area contributed by atoms with Gasteiger partial charge in [0.05, 0.1) is 16.7 Å². The Bertz CT molecular complexity index is 664. The molecule has 6 nitrogen and oxygen atoms in total. The summed E-state index contributed by atoms with van der Waals surface area (Å²) in [6.45, 7) is 7.76. The molecule has 0 fully saturated rings. The van der Waals surface area contributed by atoms with Crippen molar-refractivity contribution in [3.8, 4) is 0 Å². The van der Waals surface area contributed by atoms with Gasteiger partial charge in [-0.25, -0.2) is 0 Å². The summed E-state index contributed by atoms with van der Waals surface area (Å²) in [6.07, 6.45) is 1.55. The Kier molecular flexibility index (Phi) is 4.37. The van der Waals surface area contributed by atoms with E-state index in [1.165, 1.54) is 0 Å². The molecule has 1 unspecified atom stereocenters. The van der Waals surface area contributed by atoms with E-state index in [4.69, 9.17) is 4.42 Å². The molecule has 1 N–H and O–H groups in total. The molecule has 0 saturated heterocycles. The molecule has 1 atom stereocenters. The van der Waals surface area contributed by atoms with E-state index < -0.39 is 0 Å². The van der Waals surface area contributed by atoms with Crippen LogP contribution in [-0.4, -0.2) is 9.91 Å². The van der Waals surface area contributed by atoms with Gasteiger partial charge >= 0.3 is 0 Å². The van der Waals surface area contributed by atoms with Crippen LogP contribution < -0.4 is 5.32 Å². The van der Waals surface area contributed by atoms with Crippen LogP contribution in [-0.2, 0) is 6.54 Å². The van der Waals surface area contributed by atoms with Crippen molar-refractivity contribution in [1.29, 1.82) is 0 Å². The van der Waals surface area contributed by atoms with Crippen molar-refractivity contribution in [3.05, 3.63) is 56.8 Å². The maximum Gasteiger partial charge on any atom is 0.278 e. The van der Waals surface area contributed by atoms with Gasteiger partial charge < -0.3 is 9.73 Å². The third-order valence-corrected chi connectivity index (χ3v) is 3.52. The van der Waals surface area contributed by atoms with Crippen LogP contribution in [0.1, 0.15) is 41.3 Å². The Labute approximate surface area is 123 Å². The van der Waals surface area contributed by atoms with E-state index in [-0.39, 0.29) is 16.7 Å². The zero-order chi connectivity index (χ0) is 15.6. The van der Waals surface area contributed by atoms with Crippen molar-refractivity contribution in [2.45, 2.75) is 40.3 Å². The summed E-state index contributed by atoms with van der Waals surface area (Å²) in [5, 5.41) is 14.4. The van der Waals surface area contributed by atoms with Crippen molar-refractivity contribution in [1.82, 2.24) is 10.3 Å². The summed E-state index contributed by atoms with van der Waals surface area (Å²) in [7, 11) is 0. The first kappa shape index (κ1) is 15.2. The van der Waals surface area contributed by atoms with Crippen molar-refractivity contribution in [2.75, 3.05) is 0 Å². The number of hydrogen-bond acceptors (Lipinski definition) is 5. The number of furan rings is 1. The van der Waals surface area contributed by atoms with Gasteiger partial charge in [-0.1, -0.05) is 0 Å². The van der Waals surface area contributed by atoms with Gasteiger partial charge in [0.1, 0.15) is 11.5 Å². The largest absolute Gasteiger partial charge is 0.465 e. The first-order chi connectivity index (χ1) is 9.90. The van der Waals surface area contributed by atoms with Gasteiger partial charge in [-0.15, -0.1) is 0 Å². The van der Waals surface area contributed by atoms with Gasteiger partial charge in [0, 0.05) is 23.9 Å². The van der Waals surface area contributed by atoms with Crippen LogP contribution in [0.15, 0.2) is 22.7 Å². The van der Waals surface area contributed by atoms with Crippen molar-refractivity contribution in [2.24, 2.45) is 0 Å². The van der Waals surface area contributed by atoms with Crippen LogP contribution in [0.5, 0.6) is 0 Å². The van der Waals surface area contributed by atoms with E-state index in [1.807, 2.05) is 26.0 Å². The number of nitrogens with zero attached hydrogens (tertiary/aromatic N) is 2. The topological polar surface area (TPSA) is 81.2 Å². The number of nitro groups is 1. The predicted octanol–water partition coefficient (Wildman–Crippen LogP) is 3.36. The Hall–Kier alpha value is -2.21. The molecule has 2 aromatic heterocycles. The number of hydrogen-bond donors (Lipinski definition) is 1. The number of rotatable bonds is 5. The second kappa shape index (κ2) is 6.05. The van der Waals surface area contributed by atoms with Crippen LogP contribution in [0.4, 0.5) is 5.69 Å². The highest BCUT2D eigenvalue weighted by molar-refractivity contribution is 5.47. The SMILES string of the molecule is Cc1ccc(C(C)NCc2ncc(C)c([N+](=O)[O-])c2C)o1. The molecule has 0 radical (unpaired) electrons. The maximum atomic E-state index is 11.1. The smallest absolute Gasteiger partial charge is 0.278 e.